The van der Waals surface area contributed by atoms with Crippen molar-refractivity contribution in [3.63, 3.8) is 0 Å². The lowest BCUT2D eigenvalue weighted by atomic mass is 9.61. The molecule has 14 rings (SSSR count). The van der Waals surface area contributed by atoms with Gasteiger partial charge in [-0.3, -0.25) is 4.57 Å². The van der Waals surface area contributed by atoms with Crippen LogP contribution in [-0.4, -0.2) is 9.55 Å². The molecule has 0 N–H and O–H groups in total. The summed E-state index contributed by atoms with van der Waals surface area (Å²) >= 11 is 0. The van der Waals surface area contributed by atoms with Crippen LogP contribution in [0.15, 0.2) is 235 Å². The van der Waals surface area contributed by atoms with E-state index in [2.05, 4.69) is 235 Å². The second-order valence-corrected chi connectivity index (χ2v) is 17.4. The summed E-state index contributed by atoms with van der Waals surface area (Å²) in [5, 5.41) is 4.81. The van der Waals surface area contributed by atoms with Crippen LogP contribution in [0.2, 0.25) is 0 Å². The number of rotatable bonds is 5. The van der Waals surface area contributed by atoms with Crippen LogP contribution in [0.3, 0.4) is 0 Å². The Morgan fingerprint density at radius 1 is 0.369 bits per heavy atom. The van der Waals surface area contributed by atoms with E-state index in [1.54, 1.807) is 0 Å². The number of benzene rings is 10. The summed E-state index contributed by atoms with van der Waals surface area (Å²) in [6.07, 6.45) is 0. The molecule has 2 aromatic heterocycles. The Morgan fingerprint density at radius 3 is 1.66 bits per heavy atom. The predicted molar refractivity (Wildman–Crippen MR) is 266 cm³/mol. The van der Waals surface area contributed by atoms with Gasteiger partial charge in [0.05, 0.1) is 16.8 Å². The smallest absolute Gasteiger partial charge is 0.145 e. The van der Waals surface area contributed by atoms with Crippen molar-refractivity contribution in [2.24, 2.45) is 0 Å². The van der Waals surface area contributed by atoms with Crippen molar-refractivity contribution in [3.05, 3.63) is 253 Å². The zero-order chi connectivity index (χ0) is 42.6. The number of aromatic nitrogens is 2. The monoisotopic (exact) mass is 826 g/mol. The van der Waals surface area contributed by atoms with Gasteiger partial charge < -0.3 is 4.42 Å². The van der Waals surface area contributed by atoms with Gasteiger partial charge in [-0.15, -0.1) is 0 Å². The predicted octanol–water partition coefficient (Wildman–Crippen LogP) is 15.9. The number of fused-ring (bicyclic) bond motifs is 12. The number of nitrogens with zero attached hydrogens (tertiary/aromatic N) is 2. The first-order valence-corrected chi connectivity index (χ1v) is 22.4. The molecule has 0 saturated heterocycles. The highest BCUT2D eigenvalue weighted by molar-refractivity contribution is 6.12. The van der Waals surface area contributed by atoms with Crippen LogP contribution in [0.25, 0.3) is 106 Å². The van der Waals surface area contributed by atoms with E-state index in [4.69, 9.17) is 9.40 Å². The molecule has 10 aromatic carbocycles. The molecule has 3 heteroatoms. The van der Waals surface area contributed by atoms with Gasteiger partial charge in [0.15, 0.2) is 0 Å². The molecule has 12 aromatic rings. The van der Waals surface area contributed by atoms with E-state index in [9.17, 15) is 0 Å². The van der Waals surface area contributed by atoms with Gasteiger partial charge in [-0.25, -0.2) is 4.98 Å². The van der Waals surface area contributed by atoms with Gasteiger partial charge in [-0.2, -0.15) is 0 Å². The summed E-state index contributed by atoms with van der Waals surface area (Å²) in [7, 11) is 0. The van der Waals surface area contributed by atoms with Crippen LogP contribution in [0.5, 0.6) is 0 Å². The number of imidazole rings is 1. The summed E-state index contributed by atoms with van der Waals surface area (Å²) in [6, 6.07) is 83.6. The summed E-state index contributed by atoms with van der Waals surface area (Å²) in [4.78, 5) is 5.43. The van der Waals surface area contributed by atoms with Gasteiger partial charge in [0.1, 0.15) is 17.0 Å². The molecule has 302 valence electrons. The molecule has 0 aliphatic heterocycles. The minimum absolute atomic E-state index is 0.477. The van der Waals surface area contributed by atoms with Gasteiger partial charge in [-0.1, -0.05) is 194 Å². The molecule has 1 spiro atoms. The number of furan rings is 1. The topological polar surface area (TPSA) is 31.0 Å². The van der Waals surface area contributed by atoms with Crippen molar-refractivity contribution in [1.29, 1.82) is 0 Å². The fraction of sp³-hybridized carbons (Fsp3) is 0.0161. The SMILES string of the molecule is c1ccc(-c2nc(-c3ccc(-c4ccc5c(c4)oc4cc6c(cc45)C4(c5ccccc5-c5ccccc54)c4cccc5cccc-6c45)cc3)n(-c3ccccc3)c2-c2ccccc2)cc1. The molecule has 0 amide bonds. The van der Waals surface area contributed by atoms with Crippen LogP contribution >= 0.6 is 0 Å². The van der Waals surface area contributed by atoms with Gasteiger partial charge in [0, 0.05) is 33.2 Å². The quantitative estimate of drug-likeness (QED) is 0.173. The molecule has 65 heavy (non-hydrogen) atoms. The fourth-order valence-electron chi connectivity index (χ4n) is 11.3. The third kappa shape index (κ3) is 5.09. The number of para-hydroxylation sites is 1. The first kappa shape index (κ1) is 36.0. The van der Waals surface area contributed by atoms with Crippen LogP contribution in [0.1, 0.15) is 22.3 Å². The molecule has 2 aliphatic rings. The molecular weight excluding hydrogens is 789 g/mol. The highest BCUT2D eigenvalue weighted by atomic mass is 16.3. The van der Waals surface area contributed by atoms with Crippen LogP contribution in [0.4, 0.5) is 0 Å². The maximum atomic E-state index is 6.90. The maximum Gasteiger partial charge on any atom is 0.145 e. The van der Waals surface area contributed by atoms with E-state index in [0.717, 1.165) is 72.7 Å². The van der Waals surface area contributed by atoms with Gasteiger partial charge in [0.25, 0.3) is 0 Å². The zero-order valence-corrected chi connectivity index (χ0v) is 35.2. The largest absolute Gasteiger partial charge is 0.456 e. The lowest BCUT2D eigenvalue weighted by molar-refractivity contribution is 0.668. The van der Waals surface area contributed by atoms with E-state index < -0.39 is 5.41 Å². The van der Waals surface area contributed by atoms with E-state index in [1.807, 2.05) is 0 Å². The Balaban J connectivity index is 0.923. The minimum atomic E-state index is -0.477. The third-order valence-electron chi connectivity index (χ3n) is 14.0. The van der Waals surface area contributed by atoms with Crippen molar-refractivity contribution in [3.8, 4) is 73.0 Å². The molecular formula is C62H38N2O. The highest BCUT2D eigenvalue weighted by Crippen LogP contribution is 2.62. The normalized spacial score (nSPS) is 13.0. The maximum absolute atomic E-state index is 6.90. The highest BCUT2D eigenvalue weighted by Gasteiger charge is 2.50. The Bertz CT molecular complexity index is 3810. The molecule has 2 aliphatic carbocycles. The van der Waals surface area contributed by atoms with Crippen molar-refractivity contribution in [1.82, 2.24) is 9.55 Å². The van der Waals surface area contributed by atoms with E-state index >= 15 is 0 Å². The van der Waals surface area contributed by atoms with Gasteiger partial charge in [-0.05, 0) is 103 Å². The summed E-state index contributed by atoms with van der Waals surface area (Å²) in [5.41, 5.74) is 20.2. The molecule has 3 nitrogen and oxygen atoms in total. The van der Waals surface area contributed by atoms with E-state index in [1.165, 1.54) is 55.3 Å². The third-order valence-corrected chi connectivity index (χ3v) is 14.0. The Morgan fingerprint density at radius 2 is 0.938 bits per heavy atom. The Labute approximate surface area is 376 Å². The average Bonchev–Trinajstić information content (AvgIpc) is 4.05. The van der Waals surface area contributed by atoms with Crippen molar-refractivity contribution < 1.29 is 4.42 Å². The molecule has 0 saturated carbocycles. The Hall–Kier alpha value is -8.53. The minimum Gasteiger partial charge on any atom is -0.456 e. The van der Waals surface area contributed by atoms with Crippen molar-refractivity contribution in [2.45, 2.75) is 5.41 Å². The first-order chi connectivity index (χ1) is 32.2. The number of hydrogen-bond donors (Lipinski definition) is 0. The summed E-state index contributed by atoms with van der Waals surface area (Å²) in [5.74, 6) is 0.889. The van der Waals surface area contributed by atoms with Crippen molar-refractivity contribution in [2.75, 3.05) is 0 Å². The van der Waals surface area contributed by atoms with Crippen molar-refractivity contribution >= 4 is 32.7 Å². The van der Waals surface area contributed by atoms with E-state index in [0.29, 0.717) is 0 Å². The molecule has 0 radical (unpaired) electrons. The zero-order valence-electron chi connectivity index (χ0n) is 35.2. The molecule has 0 unspecified atom stereocenters. The average molecular weight is 827 g/mol. The second-order valence-electron chi connectivity index (χ2n) is 17.4. The lowest BCUT2D eigenvalue weighted by Gasteiger charge is -2.40. The summed E-state index contributed by atoms with van der Waals surface area (Å²) in [6.45, 7) is 0. The van der Waals surface area contributed by atoms with Gasteiger partial charge in [0.2, 0.25) is 0 Å². The van der Waals surface area contributed by atoms with Crippen LogP contribution in [0, 0.1) is 0 Å². The molecule has 2 heterocycles. The fourth-order valence-corrected chi connectivity index (χ4v) is 11.3. The van der Waals surface area contributed by atoms with E-state index in [-0.39, 0.29) is 0 Å². The molecule has 0 fully saturated rings. The first-order valence-electron chi connectivity index (χ1n) is 22.4. The number of hydrogen-bond acceptors (Lipinski definition) is 2. The standard InChI is InChI=1S/C62H38N2O/c1-4-16-41(17-5-1)59-60(42-18-6-2-7-19-42)64(45-22-8-3-9-23-45)61(63-59)43-32-30-39(31-33-43)44-34-35-48-51-37-55-50(38-57(51)65-56(48)36-44)49-26-14-20-40-21-15-29-54(58(40)49)62(55)52-27-12-10-24-46(52)47-25-11-13-28-53(47)62/h1-38H. The second kappa shape index (κ2) is 13.7. The molecule has 0 atom stereocenters. The van der Waals surface area contributed by atoms with Gasteiger partial charge >= 0.3 is 0 Å². The molecule has 0 bridgehead atoms. The summed E-state index contributed by atoms with van der Waals surface area (Å²) < 4.78 is 9.20. The lowest BCUT2D eigenvalue weighted by Crippen LogP contribution is -2.31. The van der Waals surface area contributed by atoms with Crippen LogP contribution in [-0.2, 0) is 5.41 Å². The Kier molecular flexibility index (Phi) is 7.61. The van der Waals surface area contributed by atoms with Crippen LogP contribution < -0.4 is 0 Å².